The number of benzene rings is 1. The summed E-state index contributed by atoms with van der Waals surface area (Å²) in [5, 5.41) is 17.4. The van der Waals surface area contributed by atoms with Gasteiger partial charge in [0.1, 0.15) is 0 Å². The van der Waals surface area contributed by atoms with Crippen molar-refractivity contribution in [1.82, 2.24) is 0 Å². The van der Waals surface area contributed by atoms with Crippen molar-refractivity contribution in [3.63, 3.8) is 0 Å². The van der Waals surface area contributed by atoms with E-state index in [-0.39, 0.29) is 5.56 Å². The third-order valence-corrected chi connectivity index (χ3v) is 2.16. The molecule has 2 N–H and O–H groups in total. The Morgan fingerprint density at radius 3 is 2.58 bits per heavy atom. The van der Waals surface area contributed by atoms with Gasteiger partial charge in [0.2, 0.25) is 0 Å². The number of phenolic OH excluding ortho intramolecular Hbond substituents is 1. The third-order valence-electron chi connectivity index (χ3n) is 1.27. The van der Waals surface area contributed by atoms with Crippen LogP contribution in [0.15, 0.2) is 12.1 Å². The first-order chi connectivity index (χ1) is 5.52. The van der Waals surface area contributed by atoms with Crippen molar-refractivity contribution < 1.29 is 19.4 Å². The Kier molecular flexibility index (Phi) is 2.51. The van der Waals surface area contributed by atoms with Crippen LogP contribution < -0.4 is 0 Å². The number of phenols is 1. The van der Waals surface area contributed by atoms with E-state index >= 15 is 0 Å². The SMILES string of the molecule is O=C(O)c1cc(F)c(O)cc1I. The van der Waals surface area contributed by atoms with Crippen LogP contribution in [0.5, 0.6) is 5.75 Å². The fourth-order valence-electron chi connectivity index (χ4n) is 0.700. The molecule has 1 aromatic carbocycles. The molecule has 5 heteroatoms. The van der Waals surface area contributed by atoms with Gasteiger partial charge >= 0.3 is 5.97 Å². The van der Waals surface area contributed by atoms with Crippen LogP contribution in [0.1, 0.15) is 10.4 Å². The minimum Gasteiger partial charge on any atom is -0.505 e. The molecule has 0 radical (unpaired) electrons. The quantitative estimate of drug-likeness (QED) is 0.773. The summed E-state index contributed by atoms with van der Waals surface area (Å²) in [4.78, 5) is 10.4. The second kappa shape index (κ2) is 3.26. The van der Waals surface area contributed by atoms with Crippen LogP contribution in [0.3, 0.4) is 0 Å². The number of halogens is 2. The fraction of sp³-hybridized carbons (Fsp3) is 0. The van der Waals surface area contributed by atoms with Gasteiger partial charge in [-0.15, -0.1) is 0 Å². The van der Waals surface area contributed by atoms with Crippen LogP contribution in [-0.2, 0) is 0 Å². The summed E-state index contributed by atoms with van der Waals surface area (Å²) in [5.41, 5.74) is -0.147. The number of aromatic hydroxyl groups is 1. The van der Waals surface area contributed by atoms with Gasteiger partial charge in [-0.25, -0.2) is 9.18 Å². The number of rotatable bonds is 1. The van der Waals surface area contributed by atoms with Crippen LogP contribution >= 0.6 is 22.6 Å². The first kappa shape index (κ1) is 9.24. The average molecular weight is 282 g/mol. The molecule has 12 heavy (non-hydrogen) atoms. The lowest BCUT2D eigenvalue weighted by Gasteiger charge is -2.00. The first-order valence-electron chi connectivity index (χ1n) is 2.93. The van der Waals surface area contributed by atoms with Crippen molar-refractivity contribution in [3.8, 4) is 5.75 Å². The molecule has 0 amide bonds. The predicted octanol–water partition coefficient (Wildman–Crippen LogP) is 1.83. The van der Waals surface area contributed by atoms with Crippen LogP contribution in [0.25, 0.3) is 0 Å². The number of aromatic carboxylic acids is 1. The lowest BCUT2D eigenvalue weighted by molar-refractivity contribution is 0.0695. The van der Waals surface area contributed by atoms with Gasteiger partial charge in [0, 0.05) is 3.57 Å². The molecule has 0 atom stereocenters. The van der Waals surface area contributed by atoms with E-state index in [1.54, 1.807) is 22.6 Å². The number of carboxylic acids is 1. The molecule has 0 spiro atoms. The highest BCUT2D eigenvalue weighted by Crippen LogP contribution is 2.22. The highest BCUT2D eigenvalue weighted by atomic mass is 127. The highest BCUT2D eigenvalue weighted by molar-refractivity contribution is 14.1. The molecule has 64 valence electrons. The zero-order chi connectivity index (χ0) is 9.30. The molecule has 0 aliphatic rings. The predicted molar refractivity (Wildman–Crippen MR) is 47.7 cm³/mol. The largest absolute Gasteiger partial charge is 0.505 e. The van der Waals surface area contributed by atoms with Gasteiger partial charge in [-0.05, 0) is 34.7 Å². The van der Waals surface area contributed by atoms with Crippen molar-refractivity contribution in [1.29, 1.82) is 0 Å². The standard InChI is InChI=1S/C7H4FIO3/c8-4-1-3(7(11)12)5(9)2-6(4)10/h1-2,10H,(H,11,12). The molecular formula is C7H4FIO3. The van der Waals surface area contributed by atoms with Crippen molar-refractivity contribution in [2.45, 2.75) is 0 Å². The lowest BCUT2D eigenvalue weighted by Crippen LogP contribution is -2.00. The third kappa shape index (κ3) is 1.66. The fourth-order valence-corrected chi connectivity index (χ4v) is 1.38. The van der Waals surface area contributed by atoms with Crippen LogP contribution in [0, 0.1) is 9.39 Å². The van der Waals surface area contributed by atoms with E-state index in [0.717, 1.165) is 12.1 Å². The second-order valence-corrected chi connectivity index (χ2v) is 3.25. The normalized spacial score (nSPS) is 9.83. The summed E-state index contributed by atoms with van der Waals surface area (Å²) >= 11 is 1.71. The number of carboxylic acid groups (broad SMARTS) is 1. The minimum absolute atomic E-state index is 0.147. The van der Waals surface area contributed by atoms with Gasteiger partial charge in [-0.2, -0.15) is 0 Å². The smallest absolute Gasteiger partial charge is 0.336 e. The van der Waals surface area contributed by atoms with E-state index in [2.05, 4.69) is 0 Å². The molecule has 0 fully saturated rings. The Labute approximate surface area is 81.0 Å². The van der Waals surface area contributed by atoms with Gasteiger partial charge in [0.25, 0.3) is 0 Å². The molecule has 0 heterocycles. The van der Waals surface area contributed by atoms with E-state index in [4.69, 9.17) is 10.2 Å². The van der Waals surface area contributed by atoms with Gasteiger partial charge in [0.15, 0.2) is 11.6 Å². The Morgan fingerprint density at radius 2 is 2.08 bits per heavy atom. The molecule has 0 aliphatic carbocycles. The van der Waals surface area contributed by atoms with Crippen LogP contribution in [0.4, 0.5) is 4.39 Å². The maximum Gasteiger partial charge on any atom is 0.336 e. The van der Waals surface area contributed by atoms with Gasteiger partial charge in [0.05, 0.1) is 5.56 Å². The highest BCUT2D eigenvalue weighted by Gasteiger charge is 2.12. The van der Waals surface area contributed by atoms with E-state index in [0.29, 0.717) is 3.57 Å². The summed E-state index contributed by atoms with van der Waals surface area (Å²) in [6.07, 6.45) is 0. The minimum atomic E-state index is -1.21. The molecule has 1 aromatic rings. The maximum atomic E-state index is 12.6. The van der Waals surface area contributed by atoms with Gasteiger partial charge < -0.3 is 10.2 Å². The van der Waals surface area contributed by atoms with Gasteiger partial charge in [-0.3, -0.25) is 0 Å². The number of hydrogen-bond donors (Lipinski definition) is 2. The molecule has 3 nitrogen and oxygen atoms in total. The number of hydrogen-bond acceptors (Lipinski definition) is 2. The molecule has 0 unspecified atom stereocenters. The average Bonchev–Trinajstić information content (AvgIpc) is 1.96. The Bertz CT molecular complexity index is 338. The molecule has 0 aromatic heterocycles. The van der Waals surface area contributed by atoms with Crippen molar-refractivity contribution >= 4 is 28.6 Å². The molecule has 0 aliphatic heterocycles. The monoisotopic (exact) mass is 282 g/mol. The molecule has 0 saturated heterocycles. The summed E-state index contributed by atoms with van der Waals surface area (Å²) in [6.45, 7) is 0. The van der Waals surface area contributed by atoms with Crippen molar-refractivity contribution in [2.24, 2.45) is 0 Å². The summed E-state index contributed by atoms with van der Waals surface area (Å²) in [6, 6.07) is 1.86. The second-order valence-electron chi connectivity index (χ2n) is 2.09. The van der Waals surface area contributed by atoms with Gasteiger partial charge in [-0.1, -0.05) is 0 Å². The van der Waals surface area contributed by atoms with Crippen LogP contribution in [0.2, 0.25) is 0 Å². The molecule has 0 saturated carbocycles. The topological polar surface area (TPSA) is 57.5 Å². The van der Waals surface area contributed by atoms with E-state index in [1.807, 2.05) is 0 Å². The zero-order valence-electron chi connectivity index (χ0n) is 5.71. The number of carbonyl (C=O) groups is 1. The summed E-state index contributed by atoms with van der Waals surface area (Å²) in [5.74, 6) is -2.67. The Morgan fingerprint density at radius 1 is 1.50 bits per heavy atom. The Hall–Kier alpha value is -0.850. The Balaban J connectivity index is 3.33. The molecule has 1 rings (SSSR count). The first-order valence-corrected chi connectivity index (χ1v) is 4.01. The van der Waals surface area contributed by atoms with E-state index in [1.165, 1.54) is 0 Å². The molecule has 0 bridgehead atoms. The van der Waals surface area contributed by atoms with Crippen LogP contribution in [-0.4, -0.2) is 16.2 Å². The summed E-state index contributed by atoms with van der Waals surface area (Å²) < 4.78 is 12.9. The maximum absolute atomic E-state index is 12.6. The summed E-state index contributed by atoms with van der Waals surface area (Å²) in [7, 11) is 0. The van der Waals surface area contributed by atoms with Crippen molar-refractivity contribution in [3.05, 3.63) is 27.1 Å². The lowest BCUT2D eigenvalue weighted by atomic mass is 10.2. The zero-order valence-corrected chi connectivity index (χ0v) is 7.87. The van der Waals surface area contributed by atoms with E-state index in [9.17, 15) is 9.18 Å². The van der Waals surface area contributed by atoms with E-state index < -0.39 is 17.5 Å². The van der Waals surface area contributed by atoms with Crippen molar-refractivity contribution in [2.75, 3.05) is 0 Å². The molecular weight excluding hydrogens is 278 g/mol.